The molecule has 0 fully saturated rings. The molecule has 0 atom stereocenters. The van der Waals surface area contributed by atoms with Crippen LogP contribution in [-0.4, -0.2) is 12.2 Å². The molecule has 0 bridgehead atoms. The second-order valence-corrected chi connectivity index (χ2v) is 4.77. The molecule has 2 rings (SSSR count). The van der Waals surface area contributed by atoms with Gasteiger partial charge in [-0.1, -0.05) is 54.6 Å². The lowest BCUT2D eigenvalue weighted by molar-refractivity contribution is 0.369. The Morgan fingerprint density at radius 2 is 1.86 bits per heavy atom. The van der Waals surface area contributed by atoms with Crippen molar-refractivity contribution in [3.63, 3.8) is 0 Å². The van der Waals surface area contributed by atoms with Gasteiger partial charge in [-0.15, -0.1) is 6.58 Å². The Labute approximate surface area is 126 Å². The zero-order valence-electron chi connectivity index (χ0n) is 12.3. The van der Waals surface area contributed by atoms with E-state index in [4.69, 9.17) is 4.74 Å². The molecule has 0 amide bonds. The van der Waals surface area contributed by atoms with E-state index in [2.05, 4.69) is 30.9 Å². The first-order chi connectivity index (χ1) is 10.3. The van der Waals surface area contributed by atoms with Crippen LogP contribution in [0.2, 0.25) is 0 Å². The van der Waals surface area contributed by atoms with Crippen LogP contribution < -0.4 is 4.74 Å². The predicted octanol–water partition coefficient (Wildman–Crippen LogP) is 4.39. The lowest BCUT2D eigenvalue weighted by atomic mass is 9.99. The fourth-order valence-corrected chi connectivity index (χ4v) is 2.33. The highest BCUT2D eigenvalue weighted by Crippen LogP contribution is 2.33. The van der Waals surface area contributed by atoms with Gasteiger partial charge in [0.2, 0.25) is 0 Å². The van der Waals surface area contributed by atoms with E-state index in [9.17, 15) is 5.11 Å². The first kappa shape index (κ1) is 14.9. The third kappa shape index (κ3) is 3.76. The Morgan fingerprint density at radius 1 is 1.10 bits per heavy atom. The van der Waals surface area contributed by atoms with E-state index in [0.717, 1.165) is 23.1 Å². The van der Waals surface area contributed by atoms with Crippen molar-refractivity contribution in [1.29, 1.82) is 0 Å². The summed E-state index contributed by atoms with van der Waals surface area (Å²) in [7, 11) is 1.58. The number of hydrogen-bond donors (Lipinski definition) is 1. The normalized spacial score (nSPS) is 10.7. The smallest absolute Gasteiger partial charge is 0.164 e. The molecule has 2 heteroatoms. The Hall–Kier alpha value is -2.48. The minimum atomic E-state index is 0.174. The van der Waals surface area contributed by atoms with E-state index in [0.29, 0.717) is 12.2 Å². The lowest BCUT2D eigenvalue weighted by Crippen LogP contribution is -1.97. The second kappa shape index (κ2) is 7.34. The number of methoxy groups -OCH3 is 1. The van der Waals surface area contributed by atoms with Gasteiger partial charge in [-0.2, -0.15) is 0 Å². The summed E-state index contributed by atoms with van der Waals surface area (Å²) in [6, 6.07) is 13.7. The molecule has 0 radical (unpaired) electrons. The quantitative estimate of drug-likeness (QED) is 0.795. The first-order valence-corrected chi connectivity index (χ1v) is 6.96. The number of ether oxygens (including phenoxy) is 1. The van der Waals surface area contributed by atoms with Crippen molar-refractivity contribution in [3.8, 4) is 11.5 Å². The number of phenols is 1. The van der Waals surface area contributed by atoms with Gasteiger partial charge < -0.3 is 9.84 Å². The largest absolute Gasteiger partial charge is 0.504 e. The molecule has 0 aromatic heterocycles. The average Bonchev–Trinajstić information content (AvgIpc) is 2.51. The van der Waals surface area contributed by atoms with Crippen LogP contribution in [0.1, 0.15) is 16.7 Å². The van der Waals surface area contributed by atoms with Crippen molar-refractivity contribution in [1.82, 2.24) is 0 Å². The number of phenolic OH excluding ortho intramolecular Hbond substituents is 1. The molecule has 0 aliphatic carbocycles. The Kier molecular flexibility index (Phi) is 5.22. The van der Waals surface area contributed by atoms with Crippen LogP contribution >= 0.6 is 0 Å². The summed E-state index contributed by atoms with van der Waals surface area (Å²) < 4.78 is 5.35. The van der Waals surface area contributed by atoms with E-state index in [1.54, 1.807) is 13.2 Å². The molecule has 2 nitrogen and oxygen atoms in total. The fourth-order valence-electron chi connectivity index (χ4n) is 2.33. The number of hydrogen-bond acceptors (Lipinski definition) is 2. The lowest BCUT2D eigenvalue weighted by Gasteiger charge is -2.13. The van der Waals surface area contributed by atoms with Crippen molar-refractivity contribution >= 4 is 6.08 Å². The topological polar surface area (TPSA) is 29.5 Å². The van der Waals surface area contributed by atoms with E-state index in [1.165, 1.54) is 0 Å². The van der Waals surface area contributed by atoms with E-state index >= 15 is 0 Å². The molecule has 0 spiro atoms. The Balaban J connectivity index is 2.27. The minimum absolute atomic E-state index is 0.174. The minimum Gasteiger partial charge on any atom is -0.504 e. The van der Waals surface area contributed by atoms with Crippen LogP contribution in [0.5, 0.6) is 11.5 Å². The van der Waals surface area contributed by atoms with Gasteiger partial charge in [-0.3, -0.25) is 0 Å². The zero-order valence-corrected chi connectivity index (χ0v) is 12.3. The Bertz CT molecular complexity index is 628. The van der Waals surface area contributed by atoms with Gasteiger partial charge in [0.05, 0.1) is 7.11 Å². The summed E-state index contributed by atoms with van der Waals surface area (Å²) in [4.78, 5) is 0. The molecule has 2 aromatic rings. The highest BCUT2D eigenvalue weighted by atomic mass is 16.5. The zero-order chi connectivity index (χ0) is 15.1. The van der Waals surface area contributed by atoms with Crippen LogP contribution in [0.25, 0.3) is 6.08 Å². The van der Waals surface area contributed by atoms with E-state index < -0.39 is 0 Å². The van der Waals surface area contributed by atoms with Gasteiger partial charge >= 0.3 is 0 Å². The molecule has 0 saturated heterocycles. The van der Waals surface area contributed by atoms with Gasteiger partial charge in [-0.05, 0) is 30.0 Å². The van der Waals surface area contributed by atoms with Gasteiger partial charge in [0.25, 0.3) is 0 Å². The van der Waals surface area contributed by atoms with Crippen molar-refractivity contribution < 1.29 is 9.84 Å². The standard InChI is InChI=1S/C19H20O2/c1-3-8-16-13-14-18(20)19(21-2)17(16)12-7-11-15-9-5-4-6-10-15/h3-7,9-11,13-14,20H,1,8,12H2,2H3. The monoisotopic (exact) mass is 280 g/mol. The maximum atomic E-state index is 9.93. The van der Waals surface area contributed by atoms with E-state index in [-0.39, 0.29) is 5.75 Å². The molecule has 0 saturated carbocycles. The van der Waals surface area contributed by atoms with Gasteiger partial charge in [0.15, 0.2) is 11.5 Å². The van der Waals surface area contributed by atoms with Crippen molar-refractivity contribution in [2.24, 2.45) is 0 Å². The average molecular weight is 280 g/mol. The second-order valence-electron chi connectivity index (χ2n) is 4.77. The molecule has 1 N–H and O–H groups in total. The summed E-state index contributed by atoms with van der Waals surface area (Å²) in [6.45, 7) is 3.78. The van der Waals surface area contributed by atoms with E-state index in [1.807, 2.05) is 30.3 Å². The summed E-state index contributed by atoms with van der Waals surface area (Å²) in [5.74, 6) is 0.723. The molecule has 2 aromatic carbocycles. The van der Waals surface area contributed by atoms with Crippen molar-refractivity contribution in [2.75, 3.05) is 7.11 Å². The molecule has 108 valence electrons. The van der Waals surface area contributed by atoms with Crippen molar-refractivity contribution in [3.05, 3.63) is 77.9 Å². The van der Waals surface area contributed by atoms with Crippen LogP contribution in [0, 0.1) is 0 Å². The third-order valence-electron chi connectivity index (χ3n) is 3.34. The first-order valence-electron chi connectivity index (χ1n) is 6.96. The maximum Gasteiger partial charge on any atom is 0.164 e. The molecule has 21 heavy (non-hydrogen) atoms. The summed E-state index contributed by atoms with van der Waals surface area (Å²) >= 11 is 0. The molecule has 0 unspecified atom stereocenters. The summed E-state index contributed by atoms with van der Waals surface area (Å²) in [5, 5.41) is 9.93. The van der Waals surface area contributed by atoms with Gasteiger partial charge in [-0.25, -0.2) is 0 Å². The summed E-state index contributed by atoms with van der Waals surface area (Å²) in [5.41, 5.74) is 3.28. The number of rotatable bonds is 6. The number of aromatic hydroxyl groups is 1. The SMILES string of the molecule is C=CCc1ccc(O)c(OC)c1CC=Cc1ccccc1. The van der Waals surface area contributed by atoms with Crippen molar-refractivity contribution in [2.45, 2.75) is 12.8 Å². The van der Waals surface area contributed by atoms with Crippen LogP contribution in [0.4, 0.5) is 0 Å². The number of allylic oxidation sites excluding steroid dienone is 2. The molecule has 0 heterocycles. The maximum absolute atomic E-state index is 9.93. The number of benzene rings is 2. The molecule has 0 aliphatic heterocycles. The molecule has 0 aliphatic rings. The van der Waals surface area contributed by atoms with Gasteiger partial charge in [0, 0.05) is 5.56 Å². The van der Waals surface area contributed by atoms with Crippen LogP contribution in [-0.2, 0) is 12.8 Å². The summed E-state index contributed by atoms with van der Waals surface area (Å²) in [6.07, 6.45) is 7.47. The molecular formula is C19H20O2. The molecular weight excluding hydrogens is 260 g/mol. The van der Waals surface area contributed by atoms with Crippen LogP contribution in [0.15, 0.2) is 61.2 Å². The van der Waals surface area contributed by atoms with Gasteiger partial charge in [0.1, 0.15) is 0 Å². The Morgan fingerprint density at radius 3 is 2.52 bits per heavy atom. The van der Waals surface area contributed by atoms with Crippen LogP contribution in [0.3, 0.4) is 0 Å². The highest BCUT2D eigenvalue weighted by molar-refractivity contribution is 5.54. The fraction of sp³-hybridized carbons (Fsp3) is 0.158. The third-order valence-corrected chi connectivity index (χ3v) is 3.34. The highest BCUT2D eigenvalue weighted by Gasteiger charge is 2.11. The predicted molar refractivity (Wildman–Crippen MR) is 87.7 cm³/mol.